The minimum Gasteiger partial charge on any atom is -0.480 e. The molecule has 0 saturated heterocycles. The van der Waals surface area contributed by atoms with Crippen molar-refractivity contribution in [3.63, 3.8) is 0 Å². The molecule has 19 heavy (non-hydrogen) atoms. The van der Waals surface area contributed by atoms with Gasteiger partial charge in [-0.25, -0.2) is 0 Å². The van der Waals surface area contributed by atoms with Gasteiger partial charge in [-0.3, -0.25) is 4.79 Å². The van der Waals surface area contributed by atoms with E-state index < -0.39 is 21.6 Å². The third kappa shape index (κ3) is 4.42. The molecule has 0 aliphatic heterocycles. The Bertz CT molecular complexity index is 595. The molecule has 0 aromatic heterocycles. The Morgan fingerprint density at radius 3 is 2.53 bits per heavy atom. The number of benzene rings is 1. The van der Waals surface area contributed by atoms with Crippen molar-refractivity contribution in [3.05, 3.63) is 23.8 Å². The Labute approximate surface area is 111 Å². The maximum absolute atomic E-state index is 11.1. The molecule has 8 heteroatoms. The van der Waals surface area contributed by atoms with E-state index in [0.717, 1.165) is 6.26 Å². The van der Waals surface area contributed by atoms with Crippen LogP contribution in [0, 0.1) is 0 Å². The number of carbonyl (C=O) groups is 1. The molecule has 0 amide bonds. The SMILES string of the molecule is C[C@@](N)(Cc1ccc(N)c(OS(C)(=O)=O)c1)C(=O)O. The molecule has 7 nitrogen and oxygen atoms in total. The zero-order valence-electron chi connectivity index (χ0n) is 10.6. The normalized spacial score (nSPS) is 14.7. The first-order valence-electron chi connectivity index (χ1n) is 5.31. The summed E-state index contributed by atoms with van der Waals surface area (Å²) in [5, 5.41) is 8.94. The smallest absolute Gasteiger partial charge is 0.323 e. The van der Waals surface area contributed by atoms with Crippen LogP contribution in [0.4, 0.5) is 5.69 Å². The van der Waals surface area contributed by atoms with E-state index in [4.69, 9.17) is 20.8 Å². The van der Waals surface area contributed by atoms with Crippen LogP contribution in [-0.2, 0) is 21.3 Å². The molecule has 1 aromatic carbocycles. The summed E-state index contributed by atoms with van der Waals surface area (Å²) in [5.41, 5.74) is 10.4. The summed E-state index contributed by atoms with van der Waals surface area (Å²) in [6, 6.07) is 4.37. The van der Waals surface area contributed by atoms with Gasteiger partial charge in [-0.15, -0.1) is 0 Å². The predicted molar refractivity (Wildman–Crippen MR) is 70.3 cm³/mol. The Hall–Kier alpha value is -1.80. The van der Waals surface area contributed by atoms with Gasteiger partial charge < -0.3 is 20.8 Å². The number of nitrogen functional groups attached to an aromatic ring is 1. The van der Waals surface area contributed by atoms with E-state index in [-0.39, 0.29) is 17.9 Å². The van der Waals surface area contributed by atoms with Gasteiger partial charge in [-0.05, 0) is 24.6 Å². The van der Waals surface area contributed by atoms with Crippen molar-refractivity contribution in [2.24, 2.45) is 5.73 Å². The third-order valence-electron chi connectivity index (χ3n) is 2.38. The molecule has 0 radical (unpaired) electrons. The Kier molecular flexibility index (Phi) is 4.06. The minimum atomic E-state index is -3.70. The molecule has 0 heterocycles. The van der Waals surface area contributed by atoms with Crippen molar-refractivity contribution < 1.29 is 22.5 Å². The van der Waals surface area contributed by atoms with Crippen molar-refractivity contribution in [3.8, 4) is 5.75 Å². The molecule has 0 unspecified atom stereocenters. The van der Waals surface area contributed by atoms with Crippen molar-refractivity contribution >= 4 is 21.8 Å². The Morgan fingerprint density at radius 2 is 2.05 bits per heavy atom. The first-order chi connectivity index (χ1) is 8.51. The van der Waals surface area contributed by atoms with Crippen LogP contribution in [0.3, 0.4) is 0 Å². The lowest BCUT2D eigenvalue weighted by atomic mass is 9.94. The summed E-state index contributed by atoms with van der Waals surface area (Å²) in [4.78, 5) is 10.9. The van der Waals surface area contributed by atoms with Crippen molar-refractivity contribution in [1.29, 1.82) is 0 Å². The highest BCUT2D eigenvalue weighted by Crippen LogP contribution is 2.25. The van der Waals surface area contributed by atoms with E-state index in [1.165, 1.54) is 19.1 Å². The molecule has 1 rings (SSSR count). The van der Waals surface area contributed by atoms with Crippen LogP contribution in [0.25, 0.3) is 0 Å². The predicted octanol–water partition coefficient (Wildman–Crippen LogP) is -0.0483. The summed E-state index contributed by atoms with van der Waals surface area (Å²) < 4.78 is 26.8. The number of hydrogen-bond acceptors (Lipinski definition) is 6. The zero-order valence-corrected chi connectivity index (χ0v) is 11.4. The number of aliphatic carboxylic acids is 1. The van der Waals surface area contributed by atoms with Gasteiger partial charge in [-0.2, -0.15) is 8.42 Å². The standard InChI is InChI=1S/C11H16N2O5S/c1-11(13,10(14)15)6-7-3-4-8(12)9(5-7)18-19(2,16)17/h3-5H,6,12-13H2,1-2H3,(H,14,15)/t11-/m1/s1. The lowest BCUT2D eigenvalue weighted by molar-refractivity contribution is -0.142. The largest absolute Gasteiger partial charge is 0.480 e. The summed E-state index contributed by atoms with van der Waals surface area (Å²) in [7, 11) is -3.70. The number of carboxylic acid groups (broad SMARTS) is 1. The van der Waals surface area contributed by atoms with Gasteiger partial charge >= 0.3 is 16.1 Å². The molecule has 0 spiro atoms. The highest BCUT2D eigenvalue weighted by Gasteiger charge is 2.28. The lowest BCUT2D eigenvalue weighted by Gasteiger charge is -2.19. The van der Waals surface area contributed by atoms with E-state index in [2.05, 4.69) is 0 Å². The van der Waals surface area contributed by atoms with Crippen LogP contribution in [0.15, 0.2) is 18.2 Å². The summed E-state index contributed by atoms with van der Waals surface area (Å²) in [6.45, 7) is 1.36. The third-order valence-corrected chi connectivity index (χ3v) is 2.86. The van der Waals surface area contributed by atoms with Crippen molar-refractivity contribution in [2.75, 3.05) is 12.0 Å². The lowest BCUT2D eigenvalue weighted by Crippen LogP contribution is -2.46. The number of carboxylic acids is 1. The first kappa shape index (κ1) is 15.3. The molecule has 1 atom stereocenters. The molecule has 0 aliphatic carbocycles. The fourth-order valence-electron chi connectivity index (χ4n) is 1.42. The first-order valence-corrected chi connectivity index (χ1v) is 7.13. The second-order valence-corrected chi connectivity index (χ2v) is 6.13. The highest BCUT2D eigenvalue weighted by atomic mass is 32.2. The average molecular weight is 288 g/mol. The van der Waals surface area contributed by atoms with Gasteiger partial charge in [0.05, 0.1) is 11.9 Å². The van der Waals surface area contributed by atoms with E-state index in [9.17, 15) is 13.2 Å². The van der Waals surface area contributed by atoms with Gasteiger partial charge in [-0.1, -0.05) is 6.07 Å². The fraction of sp³-hybridized carbons (Fsp3) is 0.364. The minimum absolute atomic E-state index is 0.0166. The summed E-state index contributed by atoms with van der Waals surface area (Å²) in [5.74, 6) is -1.20. The van der Waals surface area contributed by atoms with Gasteiger partial charge in [0.2, 0.25) is 0 Å². The molecule has 0 aliphatic rings. The van der Waals surface area contributed by atoms with E-state index in [1.807, 2.05) is 0 Å². The van der Waals surface area contributed by atoms with Gasteiger partial charge in [0.15, 0.2) is 5.75 Å². The number of nitrogens with two attached hydrogens (primary N) is 2. The topological polar surface area (TPSA) is 133 Å². The van der Waals surface area contributed by atoms with Crippen LogP contribution < -0.4 is 15.7 Å². The quantitative estimate of drug-likeness (QED) is 0.511. The van der Waals surface area contributed by atoms with Gasteiger partial charge in [0.1, 0.15) is 5.54 Å². The van der Waals surface area contributed by atoms with E-state index >= 15 is 0 Å². The fourth-order valence-corrected chi connectivity index (χ4v) is 1.89. The van der Waals surface area contributed by atoms with Gasteiger partial charge in [0.25, 0.3) is 0 Å². The monoisotopic (exact) mass is 288 g/mol. The highest BCUT2D eigenvalue weighted by molar-refractivity contribution is 7.86. The van der Waals surface area contributed by atoms with Crippen LogP contribution in [0.5, 0.6) is 5.75 Å². The Balaban J connectivity index is 3.06. The van der Waals surface area contributed by atoms with Crippen LogP contribution in [0.2, 0.25) is 0 Å². The van der Waals surface area contributed by atoms with Crippen LogP contribution in [0.1, 0.15) is 12.5 Å². The summed E-state index contributed by atoms with van der Waals surface area (Å²) >= 11 is 0. The average Bonchev–Trinajstić information content (AvgIpc) is 2.20. The second kappa shape index (κ2) is 5.06. The Morgan fingerprint density at radius 1 is 1.47 bits per heavy atom. The number of rotatable bonds is 5. The van der Waals surface area contributed by atoms with Crippen molar-refractivity contribution in [1.82, 2.24) is 0 Å². The molecule has 1 aromatic rings. The van der Waals surface area contributed by atoms with Gasteiger partial charge in [0, 0.05) is 6.42 Å². The maximum atomic E-state index is 11.1. The number of anilines is 1. The number of hydrogen-bond donors (Lipinski definition) is 3. The molecule has 0 bridgehead atoms. The van der Waals surface area contributed by atoms with Crippen LogP contribution >= 0.6 is 0 Å². The van der Waals surface area contributed by atoms with Crippen LogP contribution in [-0.4, -0.2) is 31.3 Å². The van der Waals surface area contributed by atoms with Crippen molar-refractivity contribution in [2.45, 2.75) is 18.9 Å². The molecular weight excluding hydrogens is 272 g/mol. The maximum Gasteiger partial charge on any atom is 0.323 e. The summed E-state index contributed by atoms with van der Waals surface area (Å²) in [6.07, 6.45) is 0.909. The molecule has 0 fully saturated rings. The van der Waals surface area contributed by atoms with E-state index in [1.54, 1.807) is 6.07 Å². The zero-order chi connectivity index (χ0) is 14.8. The molecule has 0 saturated carbocycles. The second-order valence-electron chi connectivity index (χ2n) is 4.56. The molecule has 5 N–H and O–H groups in total. The van der Waals surface area contributed by atoms with E-state index in [0.29, 0.717) is 5.56 Å². The molecule has 106 valence electrons. The molecular formula is C11H16N2O5S.